The lowest BCUT2D eigenvalue weighted by Gasteiger charge is -2.15. The van der Waals surface area contributed by atoms with Crippen molar-refractivity contribution >= 4 is 17.3 Å². The van der Waals surface area contributed by atoms with Crippen LogP contribution in [-0.2, 0) is 4.79 Å². The van der Waals surface area contributed by atoms with Crippen molar-refractivity contribution in [3.63, 3.8) is 0 Å². The number of benzene rings is 2. The van der Waals surface area contributed by atoms with Gasteiger partial charge in [0.2, 0.25) is 11.7 Å². The zero-order valence-electron chi connectivity index (χ0n) is 13.7. The molecule has 0 saturated carbocycles. The van der Waals surface area contributed by atoms with Crippen molar-refractivity contribution in [2.24, 2.45) is 0 Å². The number of rotatable bonds is 7. The zero-order chi connectivity index (χ0) is 17.5. The summed E-state index contributed by atoms with van der Waals surface area (Å²) in [5.74, 6) is 0.732. The van der Waals surface area contributed by atoms with Crippen LogP contribution in [0.5, 0.6) is 17.2 Å². The summed E-state index contributed by atoms with van der Waals surface area (Å²) in [6, 6.07) is 9.03. The van der Waals surface area contributed by atoms with Gasteiger partial charge in [-0.3, -0.25) is 4.79 Å². The normalized spacial score (nSPS) is 10.0. The third kappa shape index (κ3) is 4.28. The van der Waals surface area contributed by atoms with Crippen LogP contribution < -0.4 is 24.8 Å². The summed E-state index contributed by atoms with van der Waals surface area (Å²) in [4.78, 5) is 12.0. The van der Waals surface area contributed by atoms with Crippen molar-refractivity contribution in [2.45, 2.75) is 0 Å². The molecule has 2 rings (SSSR count). The Balaban J connectivity index is 2.04. The van der Waals surface area contributed by atoms with E-state index < -0.39 is 0 Å². The molecule has 0 aliphatic heterocycles. The number of carbonyl (C=O) groups is 1. The average molecular weight is 334 g/mol. The Hall–Kier alpha value is -2.96. The maximum Gasteiger partial charge on any atom is 0.243 e. The summed E-state index contributed by atoms with van der Waals surface area (Å²) in [7, 11) is 4.50. The summed E-state index contributed by atoms with van der Waals surface area (Å²) >= 11 is 0. The van der Waals surface area contributed by atoms with E-state index in [1.807, 2.05) is 0 Å². The summed E-state index contributed by atoms with van der Waals surface area (Å²) in [5, 5.41) is 5.64. The van der Waals surface area contributed by atoms with Gasteiger partial charge in [0.1, 0.15) is 5.82 Å². The first-order valence-corrected chi connectivity index (χ1v) is 7.16. The van der Waals surface area contributed by atoms with Crippen molar-refractivity contribution in [3.8, 4) is 17.2 Å². The number of halogens is 1. The van der Waals surface area contributed by atoms with Crippen molar-refractivity contribution in [1.82, 2.24) is 0 Å². The van der Waals surface area contributed by atoms with E-state index in [-0.39, 0.29) is 18.3 Å². The number of amides is 1. The molecule has 0 atom stereocenters. The predicted molar refractivity (Wildman–Crippen MR) is 89.6 cm³/mol. The highest BCUT2D eigenvalue weighted by Crippen LogP contribution is 2.39. The van der Waals surface area contributed by atoms with E-state index >= 15 is 0 Å². The predicted octanol–water partition coefficient (Wildman–Crippen LogP) is 2.90. The third-order valence-electron chi connectivity index (χ3n) is 3.25. The van der Waals surface area contributed by atoms with Gasteiger partial charge in [0.05, 0.1) is 27.9 Å². The quantitative estimate of drug-likeness (QED) is 0.815. The molecule has 0 bridgehead atoms. The molecule has 2 N–H and O–H groups in total. The van der Waals surface area contributed by atoms with Gasteiger partial charge in [-0.1, -0.05) is 0 Å². The SMILES string of the molecule is COc1cc(NC(=O)CNc2ccc(F)cc2)cc(OC)c1OC. The molecule has 0 heterocycles. The highest BCUT2D eigenvalue weighted by Gasteiger charge is 2.14. The molecule has 0 aliphatic rings. The van der Waals surface area contributed by atoms with Crippen molar-refractivity contribution in [3.05, 3.63) is 42.2 Å². The van der Waals surface area contributed by atoms with E-state index in [1.54, 1.807) is 24.3 Å². The van der Waals surface area contributed by atoms with Crippen LogP contribution in [0.25, 0.3) is 0 Å². The largest absolute Gasteiger partial charge is 0.493 e. The average Bonchev–Trinajstić information content (AvgIpc) is 2.60. The van der Waals surface area contributed by atoms with Crippen LogP contribution in [0, 0.1) is 5.82 Å². The Bertz CT molecular complexity index is 679. The van der Waals surface area contributed by atoms with Crippen molar-refractivity contribution in [1.29, 1.82) is 0 Å². The fourth-order valence-electron chi connectivity index (χ4n) is 2.11. The molecule has 0 saturated heterocycles. The van der Waals surface area contributed by atoms with Gasteiger partial charge in [0.25, 0.3) is 0 Å². The first kappa shape index (κ1) is 17.4. The molecule has 2 aromatic rings. The summed E-state index contributed by atoms with van der Waals surface area (Å²) in [6.45, 7) is 0.0301. The van der Waals surface area contributed by atoms with E-state index in [2.05, 4.69) is 10.6 Å². The molecule has 6 nitrogen and oxygen atoms in total. The highest BCUT2D eigenvalue weighted by atomic mass is 19.1. The molecule has 0 fully saturated rings. The van der Waals surface area contributed by atoms with E-state index in [9.17, 15) is 9.18 Å². The number of hydrogen-bond acceptors (Lipinski definition) is 5. The first-order chi connectivity index (χ1) is 11.6. The highest BCUT2D eigenvalue weighted by molar-refractivity contribution is 5.94. The van der Waals surface area contributed by atoms with Crippen LogP contribution in [0.1, 0.15) is 0 Å². The summed E-state index contributed by atoms with van der Waals surface area (Å²) < 4.78 is 28.5. The fraction of sp³-hybridized carbons (Fsp3) is 0.235. The Labute approximate surface area is 139 Å². The molecule has 0 spiro atoms. The number of carbonyl (C=O) groups excluding carboxylic acids is 1. The first-order valence-electron chi connectivity index (χ1n) is 7.16. The Kier molecular flexibility index (Phi) is 5.83. The molecule has 0 unspecified atom stereocenters. The monoisotopic (exact) mass is 334 g/mol. The smallest absolute Gasteiger partial charge is 0.243 e. The molecule has 128 valence electrons. The van der Waals surface area contributed by atoms with Crippen LogP contribution in [0.15, 0.2) is 36.4 Å². The minimum absolute atomic E-state index is 0.0301. The van der Waals surface area contributed by atoms with Crippen molar-refractivity contribution in [2.75, 3.05) is 38.5 Å². The third-order valence-corrected chi connectivity index (χ3v) is 3.25. The molecular formula is C17H19FN2O4. The van der Waals surface area contributed by atoms with Crippen LogP contribution >= 0.6 is 0 Å². The van der Waals surface area contributed by atoms with Crippen LogP contribution in [0.4, 0.5) is 15.8 Å². The second-order valence-electron chi connectivity index (χ2n) is 4.82. The van der Waals surface area contributed by atoms with Crippen molar-refractivity contribution < 1.29 is 23.4 Å². The number of nitrogens with one attached hydrogen (secondary N) is 2. The minimum atomic E-state index is -0.331. The fourth-order valence-corrected chi connectivity index (χ4v) is 2.11. The molecular weight excluding hydrogens is 315 g/mol. The minimum Gasteiger partial charge on any atom is -0.493 e. The van der Waals surface area contributed by atoms with Gasteiger partial charge in [0, 0.05) is 23.5 Å². The van der Waals surface area contributed by atoms with Gasteiger partial charge in [-0.25, -0.2) is 4.39 Å². The lowest BCUT2D eigenvalue weighted by molar-refractivity contribution is -0.114. The van der Waals surface area contributed by atoms with E-state index in [1.165, 1.54) is 33.5 Å². The van der Waals surface area contributed by atoms with Gasteiger partial charge in [-0.2, -0.15) is 0 Å². The second kappa shape index (κ2) is 8.05. The van der Waals surface area contributed by atoms with Crippen LogP contribution in [0.2, 0.25) is 0 Å². The second-order valence-corrected chi connectivity index (χ2v) is 4.82. The number of hydrogen-bond donors (Lipinski definition) is 2. The molecule has 0 radical (unpaired) electrons. The van der Waals surface area contributed by atoms with Crippen LogP contribution in [-0.4, -0.2) is 33.8 Å². The Morgan fingerprint density at radius 3 is 2.04 bits per heavy atom. The zero-order valence-corrected chi connectivity index (χ0v) is 13.7. The molecule has 0 aliphatic carbocycles. The standard InChI is InChI=1S/C17H19FN2O4/c1-22-14-8-13(9-15(23-2)17(14)24-3)20-16(21)10-19-12-6-4-11(18)5-7-12/h4-9,19H,10H2,1-3H3,(H,20,21). The van der Waals surface area contributed by atoms with Crippen LogP contribution in [0.3, 0.4) is 0 Å². The van der Waals surface area contributed by atoms with Gasteiger partial charge in [-0.05, 0) is 24.3 Å². The maximum atomic E-state index is 12.8. The molecule has 7 heteroatoms. The van der Waals surface area contributed by atoms with E-state index in [4.69, 9.17) is 14.2 Å². The van der Waals surface area contributed by atoms with Gasteiger partial charge >= 0.3 is 0 Å². The lowest BCUT2D eigenvalue weighted by Crippen LogP contribution is -2.21. The molecule has 1 amide bonds. The van der Waals surface area contributed by atoms with Gasteiger partial charge < -0.3 is 24.8 Å². The number of methoxy groups -OCH3 is 3. The van der Waals surface area contributed by atoms with E-state index in [0.717, 1.165) is 0 Å². The lowest BCUT2D eigenvalue weighted by atomic mass is 10.2. The van der Waals surface area contributed by atoms with Gasteiger partial charge in [0.15, 0.2) is 11.5 Å². The summed E-state index contributed by atoms with van der Waals surface area (Å²) in [5.41, 5.74) is 1.16. The molecule has 2 aromatic carbocycles. The Morgan fingerprint density at radius 1 is 0.958 bits per heavy atom. The number of ether oxygens (including phenoxy) is 3. The summed E-state index contributed by atoms with van der Waals surface area (Å²) in [6.07, 6.45) is 0. The van der Waals surface area contributed by atoms with E-state index in [0.29, 0.717) is 28.6 Å². The Morgan fingerprint density at radius 2 is 1.54 bits per heavy atom. The topological polar surface area (TPSA) is 68.8 Å². The number of anilines is 2. The van der Waals surface area contributed by atoms with Gasteiger partial charge in [-0.15, -0.1) is 0 Å². The molecule has 24 heavy (non-hydrogen) atoms. The maximum absolute atomic E-state index is 12.8. The molecule has 0 aromatic heterocycles.